The van der Waals surface area contributed by atoms with Crippen molar-refractivity contribution in [3.63, 3.8) is 0 Å². The van der Waals surface area contributed by atoms with Crippen molar-refractivity contribution in [2.75, 3.05) is 26.9 Å². The molecule has 0 saturated carbocycles. The van der Waals surface area contributed by atoms with E-state index >= 15 is 0 Å². The molecular formula is C11H18O4. The van der Waals surface area contributed by atoms with Crippen molar-refractivity contribution in [1.29, 1.82) is 0 Å². The number of carbonyl (C=O) groups excluding carboxylic acids is 1. The quantitative estimate of drug-likeness (QED) is 0.264. The summed E-state index contributed by atoms with van der Waals surface area (Å²) >= 11 is 0. The zero-order valence-electron chi connectivity index (χ0n) is 9.16. The summed E-state index contributed by atoms with van der Waals surface area (Å²) < 4.78 is 14.9. The third-order valence-electron chi connectivity index (χ3n) is 2.20. The monoisotopic (exact) mass is 214 g/mol. The molecule has 0 aliphatic carbocycles. The van der Waals surface area contributed by atoms with Gasteiger partial charge in [-0.15, -0.1) is 0 Å². The highest BCUT2D eigenvalue weighted by molar-refractivity contribution is 5.87. The molecule has 1 fully saturated rings. The highest BCUT2D eigenvalue weighted by Crippen LogP contribution is 2.10. The van der Waals surface area contributed by atoms with E-state index in [2.05, 4.69) is 11.3 Å². The zero-order valence-corrected chi connectivity index (χ0v) is 9.16. The molecule has 0 aromatic rings. The summed E-state index contributed by atoms with van der Waals surface area (Å²) in [6.45, 7) is 5.89. The highest BCUT2D eigenvalue weighted by Gasteiger charge is 2.21. The highest BCUT2D eigenvalue weighted by atomic mass is 16.6. The van der Waals surface area contributed by atoms with Gasteiger partial charge < -0.3 is 14.2 Å². The van der Waals surface area contributed by atoms with Crippen LogP contribution in [-0.2, 0) is 19.0 Å². The second kappa shape index (κ2) is 6.58. The van der Waals surface area contributed by atoms with Crippen LogP contribution in [0.1, 0.15) is 19.3 Å². The molecule has 1 saturated heterocycles. The first-order valence-corrected chi connectivity index (χ1v) is 5.19. The van der Waals surface area contributed by atoms with E-state index in [-0.39, 0.29) is 5.97 Å². The Labute approximate surface area is 90.2 Å². The van der Waals surface area contributed by atoms with Crippen LogP contribution in [-0.4, -0.2) is 39.0 Å². The van der Waals surface area contributed by atoms with Gasteiger partial charge in [-0.05, 0) is 19.3 Å². The van der Waals surface area contributed by atoms with Crippen LogP contribution in [0, 0.1) is 0 Å². The Hall–Kier alpha value is -0.870. The van der Waals surface area contributed by atoms with Crippen LogP contribution in [0.2, 0.25) is 0 Å². The first-order valence-electron chi connectivity index (χ1n) is 5.19. The van der Waals surface area contributed by atoms with Gasteiger partial charge >= 0.3 is 5.97 Å². The first-order chi connectivity index (χ1) is 7.24. The van der Waals surface area contributed by atoms with Crippen molar-refractivity contribution in [2.45, 2.75) is 25.4 Å². The van der Waals surface area contributed by atoms with Crippen LogP contribution in [0.3, 0.4) is 0 Å². The summed E-state index contributed by atoms with van der Waals surface area (Å²) in [7, 11) is 1.37. The molecule has 1 aliphatic rings. The van der Waals surface area contributed by atoms with E-state index in [4.69, 9.17) is 9.47 Å². The predicted octanol–water partition coefficient (Wildman–Crippen LogP) is 1.30. The van der Waals surface area contributed by atoms with Gasteiger partial charge in [0.15, 0.2) is 0 Å². The molecule has 0 aromatic heterocycles. The summed E-state index contributed by atoms with van der Waals surface area (Å²) in [5.41, 5.74) is 0.531. The van der Waals surface area contributed by atoms with Crippen LogP contribution in [0.15, 0.2) is 12.2 Å². The summed E-state index contributed by atoms with van der Waals surface area (Å²) in [4.78, 5) is 11.0. The third kappa shape index (κ3) is 5.54. The SMILES string of the molecule is C=C(CCCCOCC1CO1)C(=O)OC. The number of epoxide rings is 1. The molecule has 0 radical (unpaired) electrons. The Bertz CT molecular complexity index is 221. The lowest BCUT2D eigenvalue weighted by Gasteiger charge is -2.04. The van der Waals surface area contributed by atoms with Crippen LogP contribution >= 0.6 is 0 Å². The molecule has 1 atom stereocenters. The van der Waals surface area contributed by atoms with Crippen LogP contribution < -0.4 is 0 Å². The molecular weight excluding hydrogens is 196 g/mol. The van der Waals surface area contributed by atoms with Gasteiger partial charge in [0, 0.05) is 12.2 Å². The molecule has 15 heavy (non-hydrogen) atoms. The van der Waals surface area contributed by atoms with Crippen molar-refractivity contribution in [2.24, 2.45) is 0 Å². The fourth-order valence-corrected chi connectivity index (χ4v) is 1.17. The van der Waals surface area contributed by atoms with Gasteiger partial charge in [0.25, 0.3) is 0 Å². The smallest absolute Gasteiger partial charge is 0.333 e. The molecule has 0 bridgehead atoms. The lowest BCUT2D eigenvalue weighted by Crippen LogP contribution is -2.05. The van der Waals surface area contributed by atoms with Gasteiger partial charge in [0.2, 0.25) is 0 Å². The molecule has 0 aromatic carbocycles. The molecule has 1 heterocycles. The normalized spacial score (nSPS) is 18.6. The molecule has 1 aliphatic heterocycles. The first kappa shape index (κ1) is 12.2. The topological polar surface area (TPSA) is 48.1 Å². The standard InChI is InChI=1S/C11H18O4/c1-9(11(12)13-2)5-3-4-6-14-7-10-8-15-10/h10H,1,3-8H2,2H3. The van der Waals surface area contributed by atoms with E-state index in [1.54, 1.807) is 0 Å². The molecule has 0 spiro atoms. The number of esters is 1. The molecule has 0 N–H and O–H groups in total. The number of carbonyl (C=O) groups is 1. The minimum atomic E-state index is -0.317. The average molecular weight is 214 g/mol. The van der Waals surface area contributed by atoms with Crippen LogP contribution in [0.25, 0.3) is 0 Å². The van der Waals surface area contributed by atoms with Crippen molar-refractivity contribution >= 4 is 5.97 Å². The minimum Gasteiger partial charge on any atom is -0.466 e. The van der Waals surface area contributed by atoms with Crippen LogP contribution in [0.4, 0.5) is 0 Å². The number of ether oxygens (including phenoxy) is 3. The average Bonchev–Trinajstić information content (AvgIpc) is 3.05. The van der Waals surface area contributed by atoms with Crippen molar-refractivity contribution in [3.8, 4) is 0 Å². The lowest BCUT2D eigenvalue weighted by molar-refractivity contribution is -0.136. The Kier molecular flexibility index (Phi) is 5.36. The Morgan fingerprint density at radius 3 is 2.87 bits per heavy atom. The maximum atomic E-state index is 11.0. The number of unbranched alkanes of at least 4 members (excludes halogenated alkanes) is 1. The van der Waals surface area contributed by atoms with Gasteiger partial charge in [-0.25, -0.2) is 4.79 Å². The number of rotatable bonds is 8. The Morgan fingerprint density at radius 2 is 2.27 bits per heavy atom. The van der Waals surface area contributed by atoms with Crippen LogP contribution in [0.5, 0.6) is 0 Å². The second-order valence-corrected chi connectivity index (χ2v) is 3.58. The molecule has 1 unspecified atom stereocenters. The fraction of sp³-hybridized carbons (Fsp3) is 0.727. The Morgan fingerprint density at radius 1 is 1.53 bits per heavy atom. The van der Waals surface area contributed by atoms with E-state index in [0.717, 1.165) is 19.4 Å². The third-order valence-corrected chi connectivity index (χ3v) is 2.20. The van der Waals surface area contributed by atoms with E-state index in [0.29, 0.717) is 31.3 Å². The van der Waals surface area contributed by atoms with E-state index in [1.165, 1.54) is 7.11 Å². The molecule has 4 nitrogen and oxygen atoms in total. The fourth-order valence-electron chi connectivity index (χ4n) is 1.17. The zero-order chi connectivity index (χ0) is 11.1. The van der Waals surface area contributed by atoms with Crippen molar-refractivity contribution in [3.05, 3.63) is 12.2 Å². The maximum absolute atomic E-state index is 11.0. The number of hydrogen-bond donors (Lipinski definition) is 0. The lowest BCUT2D eigenvalue weighted by atomic mass is 10.1. The summed E-state index contributed by atoms with van der Waals surface area (Å²) in [6.07, 6.45) is 2.84. The second-order valence-electron chi connectivity index (χ2n) is 3.58. The Balaban J connectivity index is 1.86. The van der Waals surface area contributed by atoms with Crippen molar-refractivity contribution in [1.82, 2.24) is 0 Å². The van der Waals surface area contributed by atoms with E-state index in [1.807, 2.05) is 0 Å². The number of hydrogen-bond acceptors (Lipinski definition) is 4. The van der Waals surface area contributed by atoms with Gasteiger partial charge in [0.1, 0.15) is 6.10 Å². The van der Waals surface area contributed by atoms with Gasteiger partial charge in [0.05, 0.1) is 20.3 Å². The van der Waals surface area contributed by atoms with E-state index in [9.17, 15) is 4.79 Å². The van der Waals surface area contributed by atoms with E-state index < -0.39 is 0 Å². The molecule has 86 valence electrons. The van der Waals surface area contributed by atoms with Gasteiger partial charge in [-0.2, -0.15) is 0 Å². The minimum absolute atomic E-state index is 0.317. The molecule has 0 amide bonds. The maximum Gasteiger partial charge on any atom is 0.333 e. The van der Waals surface area contributed by atoms with Gasteiger partial charge in [-0.1, -0.05) is 6.58 Å². The summed E-state index contributed by atoms with van der Waals surface area (Å²) in [5, 5.41) is 0. The van der Waals surface area contributed by atoms with Gasteiger partial charge in [-0.3, -0.25) is 0 Å². The summed E-state index contributed by atoms with van der Waals surface area (Å²) in [5.74, 6) is -0.317. The molecule has 4 heteroatoms. The predicted molar refractivity (Wildman–Crippen MR) is 55.6 cm³/mol. The largest absolute Gasteiger partial charge is 0.466 e. The molecule has 1 rings (SSSR count). The summed E-state index contributed by atoms with van der Waals surface area (Å²) in [6, 6.07) is 0. The van der Waals surface area contributed by atoms with Crippen molar-refractivity contribution < 1.29 is 19.0 Å². The number of methoxy groups -OCH3 is 1.